The Bertz CT molecular complexity index is 871. The highest BCUT2D eigenvalue weighted by molar-refractivity contribution is 6.30. The Balaban J connectivity index is 1.85. The highest BCUT2D eigenvalue weighted by Crippen LogP contribution is 2.38. The number of hydrogen-bond donors (Lipinski definition) is 1. The average Bonchev–Trinajstić information content (AvgIpc) is 3.08. The highest BCUT2D eigenvalue weighted by atomic mass is 35.5. The largest absolute Gasteiger partial charge is 0.481 e. The molecule has 0 aliphatic carbocycles. The Morgan fingerprint density at radius 2 is 1.78 bits per heavy atom. The van der Waals surface area contributed by atoms with E-state index < -0.39 is 43.0 Å². The van der Waals surface area contributed by atoms with Crippen LogP contribution in [0.4, 0.5) is 13.2 Å². The molecule has 1 aromatic heterocycles. The van der Waals surface area contributed by atoms with Gasteiger partial charge in [-0.3, -0.25) is 14.6 Å². The first-order valence-corrected chi connectivity index (χ1v) is 8.34. The molecule has 1 amide bonds. The molecule has 1 aromatic carbocycles. The van der Waals surface area contributed by atoms with Crippen LogP contribution in [0.2, 0.25) is 5.02 Å². The van der Waals surface area contributed by atoms with Crippen LogP contribution in [-0.4, -0.2) is 46.1 Å². The molecular weight excluding hydrogens is 385 g/mol. The summed E-state index contributed by atoms with van der Waals surface area (Å²) >= 11 is 5.84. The van der Waals surface area contributed by atoms with E-state index in [9.17, 15) is 22.8 Å². The van der Waals surface area contributed by atoms with Gasteiger partial charge in [0.1, 0.15) is 0 Å². The van der Waals surface area contributed by atoms with Gasteiger partial charge in [0.2, 0.25) is 0 Å². The number of benzene rings is 1. The molecule has 5 nitrogen and oxygen atoms in total. The number of likely N-dealkylation sites (tertiary alicyclic amines) is 1. The first kappa shape index (κ1) is 19.2. The lowest BCUT2D eigenvalue weighted by molar-refractivity contribution is -0.187. The van der Waals surface area contributed by atoms with E-state index in [-0.39, 0.29) is 5.56 Å². The summed E-state index contributed by atoms with van der Waals surface area (Å²) in [6.45, 7) is -1.19. The van der Waals surface area contributed by atoms with E-state index in [0.29, 0.717) is 10.6 Å². The molecule has 9 heteroatoms. The minimum absolute atomic E-state index is 0.0920. The number of alkyl halides is 3. The summed E-state index contributed by atoms with van der Waals surface area (Å²) in [6, 6.07) is 8.29. The van der Waals surface area contributed by atoms with Crippen LogP contribution in [0, 0.1) is 11.8 Å². The Morgan fingerprint density at radius 1 is 1.11 bits per heavy atom. The van der Waals surface area contributed by atoms with Crippen molar-refractivity contribution in [2.75, 3.05) is 13.1 Å². The van der Waals surface area contributed by atoms with E-state index in [1.165, 1.54) is 18.5 Å². The summed E-state index contributed by atoms with van der Waals surface area (Å²) in [5.41, 5.74) is 1.42. The Hall–Kier alpha value is -2.61. The molecule has 0 unspecified atom stereocenters. The van der Waals surface area contributed by atoms with Crippen molar-refractivity contribution in [1.29, 1.82) is 0 Å². The molecule has 3 rings (SSSR count). The van der Waals surface area contributed by atoms with Gasteiger partial charge in [-0.25, -0.2) is 0 Å². The van der Waals surface area contributed by atoms with E-state index in [4.69, 9.17) is 16.7 Å². The summed E-state index contributed by atoms with van der Waals surface area (Å²) in [7, 11) is 0. The van der Waals surface area contributed by atoms with Crippen molar-refractivity contribution in [3.05, 3.63) is 53.3 Å². The zero-order valence-electron chi connectivity index (χ0n) is 13.8. The van der Waals surface area contributed by atoms with Gasteiger partial charge >= 0.3 is 12.1 Å². The lowest BCUT2D eigenvalue weighted by atomic mass is 9.96. The van der Waals surface area contributed by atoms with E-state index in [1.807, 2.05) is 0 Å². The van der Waals surface area contributed by atoms with Gasteiger partial charge in [-0.1, -0.05) is 23.7 Å². The number of carboxylic acid groups (broad SMARTS) is 1. The third-order valence-electron chi connectivity index (χ3n) is 4.51. The summed E-state index contributed by atoms with van der Waals surface area (Å²) in [5.74, 6) is -6.02. The molecule has 142 valence electrons. The molecule has 1 aliphatic heterocycles. The van der Waals surface area contributed by atoms with Crippen molar-refractivity contribution in [2.45, 2.75) is 6.18 Å². The van der Waals surface area contributed by atoms with E-state index in [0.717, 1.165) is 10.5 Å². The molecule has 0 saturated carbocycles. The van der Waals surface area contributed by atoms with Crippen LogP contribution in [0.3, 0.4) is 0 Å². The van der Waals surface area contributed by atoms with Gasteiger partial charge in [0, 0.05) is 36.1 Å². The van der Waals surface area contributed by atoms with Crippen LogP contribution >= 0.6 is 11.6 Å². The third-order valence-corrected chi connectivity index (χ3v) is 4.76. The van der Waals surface area contributed by atoms with Crippen LogP contribution in [0.25, 0.3) is 11.1 Å². The molecule has 1 N–H and O–H groups in total. The van der Waals surface area contributed by atoms with Crippen molar-refractivity contribution in [3.63, 3.8) is 0 Å². The maximum atomic E-state index is 13.1. The number of aromatic nitrogens is 1. The first-order chi connectivity index (χ1) is 12.7. The number of hydrogen-bond acceptors (Lipinski definition) is 3. The van der Waals surface area contributed by atoms with Gasteiger partial charge in [0.25, 0.3) is 5.91 Å². The van der Waals surface area contributed by atoms with E-state index in [2.05, 4.69) is 4.98 Å². The number of carbonyl (C=O) groups excluding carboxylic acids is 1. The maximum Gasteiger partial charge on any atom is 0.394 e. The Labute approximate surface area is 157 Å². The van der Waals surface area contributed by atoms with Gasteiger partial charge in [0.05, 0.1) is 17.4 Å². The molecule has 0 bridgehead atoms. The number of aliphatic carboxylic acids is 1. The zero-order valence-corrected chi connectivity index (χ0v) is 14.5. The Kier molecular flexibility index (Phi) is 5.10. The zero-order chi connectivity index (χ0) is 19.8. The number of carbonyl (C=O) groups is 2. The second-order valence-electron chi connectivity index (χ2n) is 6.27. The smallest absolute Gasteiger partial charge is 0.394 e. The van der Waals surface area contributed by atoms with Gasteiger partial charge in [-0.15, -0.1) is 0 Å². The molecule has 0 radical (unpaired) electrons. The van der Waals surface area contributed by atoms with Crippen molar-refractivity contribution in [2.24, 2.45) is 11.8 Å². The average molecular weight is 399 g/mol. The molecule has 2 atom stereocenters. The normalized spacial score (nSPS) is 19.9. The molecule has 2 aromatic rings. The van der Waals surface area contributed by atoms with Crippen LogP contribution in [0.5, 0.6) is 0 Å². The van der Waals surface area contributed by atoms with Crippen LogP contribution < -0.4 is 0 Å². The van der Waals surface area contributed by atoms with E-state index >= 15 is 0 Å². The number of carboxylic acids is 1. The number of rotatable bonds is 3. The predicted molar refractivity (Wildman–Crippen MR) is 91.3 cm³/mol. The second-order valence-corrected chi connectivity index (χ2v) is 6.71. The lowest BCUT2D eigenvalue weighted by Crippen LogP contribution is -2.34. The fourth-order valence-electron chi connectivity index (χ4n) is 3.09. The minimum atomic E-state index is -4.69. The predicted octanol–water partition coefficient (Wildman–Crippen LogP) is 3.74. The SMILES string of the molecule is O=C(O)[C@@H]1CN(C(=O)c2cncc(-c3ccc(Cl)cc3)c2)C[C@H]1C(F)(F)F. The molecule has 1 saturated heterocycles. The molecule has 1 fully saturated rings. The molecule has 1 aliphatic rings. The quantitative estimate of drug-likeness (QED) is 0.855. The topological polar surface area (TPSA) is 70.5 Å². The summed E-state index contributed by atoms with van der Waals surface area (Å²) in [5, 5.41) is 9.61. The molecular formula is C18H14ClF3N2O3. The Morgan fingerprint density at radius 3 is 2.33 bits per heavy atom. The number of pyridine rings is 1. The monoisotopic (exact) mass is 398 g/mol. The first-order valence-electron chi connectivity index (χ1n) is 7.96. The van der Waals surface area contributed by atoms with Crippen LogP contribution in [0.1, 0.15) is 10.4 Å². The number of nitrogens with zero attached hydrogens (tertiary/aromatic N) is 2. The van der Waals surface area contributed by atoms with Crippen molar-refractivity contribution in [1.82, 2.24) is 9.88 Å². The second kappa shape index (κ2) is 7.19. The third kappa shape index (κ3) is 4.05. The number of halogens is 4. The lowest BCUT2D eigenvalue weighted by Gasteiger charge is -2.18. The van der Waals surface area contributed by atoms with Crippen LogP contribution in [0.15, 0.2) is 42.7 Å². The van der Waals surface area contributed by atoms with E-state index in [1.54, 1.807) is 24.3 Å². The fraction of sp³-hybridized carbons (Fsp3) is 0.278. The van der Waals surface area contributed by atoms with Crippen LogP contribution in [-0.2, 0) is 4.79 Å². The summed E-state index contributed by atoms with van der Waals surface area (Å²) in [6.07, 6.45) is -1.93. The number of amides is 1. The van der Waals surface area contributed by atoms with Gasteiger partial charge in [-0.05, 0) is 23.8 Å². The standard InChI is InChI=1S/C18H14ClF3N2O3/c19-13-3-1-10(2-4-13)11-5-12(7-23-6-11)16(25)24-8-14(17(26)27)15(9-24)18(20,21)22/h1-7,14-15H,8-9H2,(H,26,27)/t14-,15-/m1/s1. The fourth-order valence-corrected chi connectivity index (χ4v) is 3.22. The highest BCUT2D eigenvalue weighted by Gasteiger charge is 2.53. The molecule has 0 spiro atoms. The van der Waals surface area contributed by atoms with Crippen molar-refractivity contribution >= 4 is 23.5 Å². The molecule has 2 heterocycles. The van der Waals surface area contributed by atoms with Gasteiger partial charge < -0.3 is 10.0 Å². The summed E-state index contributed by atoms with van der Waals surface area (Å²) in [4.78, 5) is 28.7. The van der Waals surface area contributed by atoms with Gasteiger partial charge in [0.15, 0.2) is 0 Å². The van der Waals surface area contributed by atoms with Crippen molar-refractivity contribution in [3.8, 4) is 11.1 Å². The van der Waals surface area contributed by atoms with Gasteiger partial charge in [-0.2, -0.15) is 13.2 Å². The van der Waals surface area contributed by atoms with Crippen molar-refractivity contribution < 1.29 is 27.9 Å². The minimum Gasteiger partial charge on any atom is -0.481 e. The molecule has 27 heavy (non-hydrogen) atoms. The maximum absolute atomic E-state index is 13.1. The summed E-state index contributed by atoms with van der Waals surface area (Å²) < 4.78 is 39.3.